The summed E-state index contributed by atoms with van der Waals surface area (Å²) in [7, 11) is 0. The molecule has 0 radical (unpaired) electrons. The molecule has 0 amide bonds. The highest BCUT2D eigenvalue weighted by Crippen LogP contribution is 2.17. The molecule has 3 heteroatoms. The Morgan fingerprint density at radius 1 is 1.05 bits per heavy atom. The molecular formula is C16H26N2O. The summed E-state index contributed by atoms with van der Waals surface area (Å²) in [5.41, 5.74) is 6.71. The third-order valence-corrected chi connectivity index (χ3v) is 3.82. The topological polar surface area (TPSA) is 47.3 Å². The molecule has 1 aliphatic carbocycles. The maximum Gasteiger partial charge on any atom is 0.119 e. The largest absolute Gasteiger partial charge is 0.492 e. The van der Waals surface area contributed by atoms with E-state index in [1.165, 1.54) is 38.5 Å². The van der Waals surface area contributed by atoms with E-state index in [2.05, 4.69) is 5.32 Å². The standard InChI is InChI=1S/C16H26N2O/c17-13-14-7-9-16(10-8-14)19-12-11-18-15-5-3-1-2-4-6-15/h7-10,15,18H,1-6,11-13,17H2. The van der Waals surface area contributed by atoms with Gasteiger partial charge in [0.1, 0.15) is 12.4 Å². The van der Waals surface area contributed by atoms with Gasteiger partial charge in [0.15, 0.2) is 0 Å². The van der Waals surface area contributed by atoms with Crippen LogP contribution in [0.4, 0.5) is 0 Å². The second-order valence-corrected chi connectivity index (χ2v) is 5.34. The van der Waals surface area contributed by atoms with Gasteiger partial charge in [-0.15, -0.1) is 0 Å². The van der Waals surface area contributed by atoms with E-state index in [-0.39, 0.29) is 0 Å². The fourth-order valence-electron chi connectivity index (χ4n) is 2.64. The number of rotatable bonds is 6. The van der Waals surface area contributed by atoms with Crippen molar-refractivity contribution in [3.63, 3.8) is 0 Å². The second-order valence-electron chi connectivity index (χ2n) is 5.34. The van der Waals surface area contributed by atoms with Crippen LogP contribution in [0.2, 0.25) is 0 Å². The monoisotopic (exact) mass is 262 g/mol. The van der Waals surface area contributed by atoms with Crippen molar-refractivity contribution in [3.05, 3.63) is 29.8 Å². The minimum atomic E-state index is 0.587. The van der Waals surface area contributed by atoms with Crippen LogP contribution in [-0.2, 0) is 6.54 Å². The lowest BCUT2D eigenvalue weighted by molar-refractivity contribution is 0.300. The molecule has 19 heavy (non-hydrogen) atoms. The average molecular weight is 262 g/mol. The van der Waals surface area contributed by atoms with Gasteiger partial charge in [-0.3, -0.25) is 0 Å². The summed E-state index contributed by atoms with van der Waals surface area (Å²) >= 11 is 0. The normalized spacial score (nSPS) is 17.1. The molecule has 106 valence electrons. The van der Waals surface area contributed by atoms with Gasteiger partial charge in [-0.25, -0.2) is 0 Å². The van der Waals surface area contributed by atoms with Crippen LogP contribution in [0.15, 0.2) is 24.3 Å². The molecule has 0 bridgehead atoms. The summed E-state index contributed by atoms with van der Waals surface area (Å²) in [5.74, 6) is 0.930. The molecule has 1 aliphatic rings. The van der Waals surface area contributed by atoms with Crippen molar-refractivity contribution in [2.45, 2.75) is 51.1 Å². The van der Waals surface area contributed by atoms with Gasteiger partial charge in [-0.1, -0.05) is 37.8 Å². The summed E-state index contributed by atoms with van der Waals surface area (Å²) in [5, 5.41) is 3.61. The molecule has 0 atom stereocenters. The van der Waals surface area contributed by atoms with Gasteiger partial charge in [0.05, 0.1) is 0 Å². The Balaban J connectivity index is 1.62. The van der Waals surface area contributed by atoms with Gasteiger partial charge in [0, 0.05) is 19.1 Å². The molecule has 0 heterocycles. The first-order chi connectivity index (χ1) is 9.38. The predicted octanol–water partition coefficient (Wildman–Crippen LogP) is 2.84. The Morgan fingerprint density at radius 2 is 1.74 bits per heavy atom. The zero-order valence-electron chi connectivity index (χ0n) is 11.7. The van der Waals surface area contributed by atoms with Crippen molar-refractivity contribution in [1.82, 2.24) is 5.32 Å². The highest BCUT2D eigenvalue weighted by Gasteiger charge is 2.10. The molecule has 1 fully saturated rings. The second kappa shape index (κ2) is 8.18. The maximum atomic E-state index is 5.72. The summed E-state index contributed by atoms with van der Waals surface area (Å²) in [4.78, 5) is 0. The lowest BCUT2D eigenvalue weighted by Crippen LogP contribution is -2.32. The van der Waals surface area contributed by atoms with Crippen molar-refractivity contribution >= 4 is 0 Å². The van der Waals surface area contributed by atoms with Crippen LogP contribution in [-0.4, -0.2) is 19.2 Å². The molecule has 0 aliphatic heterocycles. The summed E-state index contributed by atoms with van der Waals surface area (Å²) in [6.07, 6.45) is 8.21. The van der Waals surface area contributed by atoms with Crippen molar-refractivity contribution < 1.29 is 4.74 Å². The molecule has 1 aromatic carbocycles. The van der Waals surface area contributed by atoms with E-state index in [0.29, 0.717) is 12.6 Å². The molecule has 0 saturated heterocycles. The number of nitrogens with one attached hydrogen (secondary N) is 1. The van der Waals surface area contributed by atoms with Crippen molar-refractivity contribution in [2.75, 3.05) is 13.2 Å². The third-order valence-electron chi connectivity index (χ3n) is 3.82. The predicted molar refractivity (Wildman–Crippen MR) is 79.3 cm³/mol. The minimum Gasteiger partial charge on any atom is -0.492 e. The highest BCUT2D eigenvalue weighted by molar-refractivity contribution is 5.27. The van der Waals surface area contributed by atoms with Crippen LogP contribution in [0.1, 0.15) is 44.1 Å². The first-order valence-electron chi connectivity index (χ1n) is 7.53. The van der Waals surface area contributed by atoms with E-state index in [9.17, 15) is 0 Å². The molecule has 1 aromatic rings. The first kappa shape index (κ1) is 14.4. The molecular weight excluding hydrogens is 236 g/mol. The molecule has 2 rings (SSSR count). The van der Waals surface area contributed by atoms with Crippen LogP contribution in [0.5, 0.6) is 5.75 Å². The van der Waals surface area contributed by atoms with Crippen molar-refractivity contribution in [2.24, 2.45) is 5.73 Å². The smallest absolute Gasteiger partial charge is 0.119 e. The van der Waals surface area contributed by atoms with E-state index in [4.69, 9.17) is 10.5 Å². The molecule has 3 N–H and O–H groups in total. The summed E-state index contributed by atoms with van der Waals surface area (Å²) in [6.45, 7) is 2.26. The van der Waals surface area contributed by atoms with E-state index in [0.717, 1.165) is 24.5 Å². The summed E-state index contributed by atoms with van der Waals surface area (Å²) in [6, 6.07) is 8.73. The molecule has 0 spiro atoms. The van der Waals surface area contributed by atoms with E-state index in [1.807, 2.05) is 24.3 Å². The van der Waals surface area contributed by atoms with Crippen LogP contribution < -0.4 is 15.8 Å². The Kier molecular flexibility index (Phi) is 6.18. The minimum absolute atomic E-state index is 0.587. The number of nitrogens with two attached hydrogens (primary N) is 1. The third kappa shape index (κ3) is 5.21. The van der Waals surface area contributed by atoms with Gasteiger partial charge in [-0.2, -0.15) is 0 Å². The quantitative estimate of drug-likeness (QED) is 0.612. The van der Waals surface area contributed by atoms with Crippen LogP contribution >= 0.6 is 0 Å². The Labute approximate surface area is 116 Å². The van der Waals surface area contributed by atoms with Crippen molar-refractivity contribution in [3.8, 4) is 5.75 Å². The number of benzene rings is 1. The molecule has 0 aromatic heterocycles. The molecule has 3 nitrogen and oxygen atoms in total. The zero-order chi connectivity index (χ0) is 13.3. The maximum absolute atomic E-state index is 5.72. The Hall–Kier alpha value is -1.06. The van der Waals surface area contributed by atoms with Gasteiger partial charge in [0.25, 0.3) is 0 Å². The Bertz CT molecular complexity index is 342. The highest BCUT2D eigenvalue weighted by atomic mass is 16.5. The van der Waals surface area contributed by atoms with E-state index in [1.54, 1.807) is 0 Å². The van der Waals surface area contributed by atoms with Crippen LogP contribution in [0, 0.1) is 0 Å². The van der Waals surface area contributed by atoms with Crippen LogP contribution in [0.3, 0.4) is 0 Å². The zero-order valence-corrected chi connectivity index (χ0v) is 11.7. The number of ether oxygens (including phenoxy) is 1. The van der Waals surface area contributed by atoms with Gasteiger partial charge in [0.2, 0.25) is 0 Å². The number of hydrogen-bond acceptors (Lipinski definition) is 3. The van der Waals surface area contributed by atoms with Gasteiger partial charge >= 0.3 is 0 Å². The van der Waals surface area contributed by atoms with E-state index >= 15 is 0 Å². The van der Waals surface area contributed by atoms with Crippen LogP contribution in [0.25, 0.3) is 0 Å². The van der Waals surface area contributed by atoms with Gasteiger partial charge in [-0.05, 0) is 30.5 Å². The summed E-state index contributed by atoms with van der Waals surface area (Å²) < 4.78 is 5.72. The lowest BCUT2D eigenvalue weighted by atomic mass is 10.1. The fraction of sp³-hybridized carbons (Fsp3) is 0.625. The van der Waals surface area contributed by atoms with Gasteiger partial charge < -0.3 is 15.8 Å². The molecule has 0 unspecified atom stereocenters. The average Bonchev–Trinajstić information content (AvgIpc) is 2.73. The lowest BCUT2D eigenvalue weighted by Gasteiger charge is -2.16. The first-order valence-corrected chi connectivity index (χ1v) is 7.53. The Morgan fingerprint density at radius 3 is 2.37 bits per heavy atom. The molecule has 1 saturated carbocycles. The number of hydrogen-bond donors (Lipinski definition) is 2. The van der Waals surface area contributed by atoms with Crippen molar-refractivity contribution in [1.29, 1.82) is 0 Å². The SMILES string of the molecule is NCc1ccc(OCCNC2CCCCCC2)cc1. The van der Waals surface area contributed by atoms with E-state index < -0.39 is 0 Å². The fourth-order valence-corrected chi connectivity index (χ4v) is 2.64.